The summed E-state index contributed by atoms with van der Waals surface area (Å²) >= 11 is 0. The van der Waals surface area contributed by atoms with E-state index in [0.717, 1.165) is 13.1 Å². The van der Waals surface area contributed by atoms with Crippen molar-refractivity contribution in [3.8, 4) is 0 Å². The second kappa shape index (κ2) is 7.07. The van der Waals surface area contributed by atoms with Crippen LogP contribution in [0.2, 0.25) is 0 Å². The molecule has 3 nitrogen and oxygen atoms in total. The van der Waals surface area contributed by atoms with E-state index in [9.17, 15) is 0 Å². The maximum atomic E-state index is 4.64. The maximum absolute atomic E-state index is 4.64. The molecule has 20 heavy (non-hydrogen) atoms. The summed E-state index contributed by atoms with van der Waals surface area (Å²) in [4.78, 5) is 0. The molecule has 0 saturated heterocycles. The first-order chi connectivity index (χ1) is 9.25. The van der Waals surface area contributed by atoms with E-state index in [1.165, 1.54) is 23.3 Å². The lowest BCUT2D eigenvalue weighted by Gasteiger charge is -2.18. The van der Waals surface area contributed by atoms with E-state index in [2.05, 4.69) is 64.2 Å². The third-order valence-electron chi connectivity index (χ3n) is 3.41. The van der Waals surface area contributed by atoms with Crippen molar-refractivity contribution in [3.05, 3.63) is 23.0 Å². The second-order valence-electron chi connectivity index (χ2n) is 6.91. The Kier molecular flexibility index (Phi) is 6.00. The van der Waals surface area contributed by atoms with Gasteiger partial charge in [0, 0.05) is 30.8 Å². The molecule has 0 saturated carbocycles. The lowest BCUT2D eigenvalue weighted by molar-refractivity contribution is 0.552. The molecular formula is C17H31N3. The third-order valence-corrected chi connectivity index (χ3v) is 3.41. The molecule has 0 aliphatic heterocycles. The van der Waals surface area contributed by atoms with Gasteiger partial charge in [0.05, 0.1) is 5.69 Å². The van der Waals surface area contributed by atoms with Gasteiger partial charge in [-0.05, 0) is 18.9 Å². The monoisotopic (exact) mass is 277 g/mol. The van der Waals surface area contributed by atoms with Crippen molar-refractivity contribution in [1.82, 2.24) is 15.1 Å². The summed E-state index contributed by atoms with van der Waals surface area (Å²) in [5, 5.41) is 8.15. The molecule has 0 unspecified atom stereocenters. The Balaban J connectivity index is 3.05. The van der Waals surface area contributed by atoms with Crippen molar-refractivity contribution < 1.29 is 0 Å². The zero-order chi connectivity index (χ0) is 15.3. The number of aryl methyl sites for hydroxylation is 1. The zero-order valence-corrected chi connectivity index (χ0v) is 14.2. The second-order valence-corrected chi connectivity index (χ2v) is 6.91. The highest BCUT2D eigenvalue weighted by atomic mass is 15.3. The minimum Gasteiger partial charge on any atom is -0.313 e. The van der Waals surface area contributed by atoms with Gasteiger partial charge in [0.15, 0.2) is 0 Å². The van der Waals surface area contributed by atoms with E-state index in [1.54, 1.807) is 0 Å². The Hall–Kier alpha value is -1.09. The van der Waals surface area contributed by atoms with E-state index in [4.69, 9.17) is 0 Å². The Morgan fingerprint density at radius 1 is 1.40 bits per heavy atom. The molecule has 0 aliphatic rings. The summed E-state index contributed by atoms with van der Waals surface area (Å²) in [5.74, 6) is 0.549. The summed E-state index contributed by atoms with van der Waals surface area (Å²) in [6.07, 6.45) is 5.62. The van der Waals surface area contributed by atoms with E-state index in [-0.39, 0.29) is 5.41 Å². The average Bonchev–Trinajstić information content (AvgIpc) is 2.69. The predicted octanol–water partition coefficient (Wildman–Crippen LogP) is 3.76. The van der Waals surface area contributed by atoms with Crippen molar-refractivity contribution in [2.24, 2.45) is 13.0 Å². The molecule has 1 rings (SSSR count). The van der Waals surface area contributed by atoms with Crippen molar-refractivity contribution in [2.45, 2.75) is 53.4 Å². The van der Waals surface area contributed by atoms with Gasteiger partial charge < -0.3 is 5.32 Å². The Morgan fingerprint density at radius 2 is 2.05 bits per heavy atom. The van der Waals surface area contributed by atoms with Crippen LogP contribution in [0.25, 0.3) is 6.08 Å². The van der Waals surface area contributed by atoms with E-state index in [0.29, 0.717) is 5.92 Å². The first-order valence-electron chi connectivity index (χ1n) is 7.71. The highest BCUT2D eigenvalue weighted by Gasteiger charge is 2.21. The summed E-state index contributed by atoms with van der Waals surface area (Å²) in [7, 11) is 2.00. The fourth-order valence-electron chi connectivity index (χ4n) is 2.23. The van der Waals surface area contributed by atoms with Crippen LogP contribution in [-0.2, 0) is 12.5 Å². The Morgan fingerprint density at radius 3 is 2.55 bits per heavy atom. The molecule has 0 spiro atoms. The molecule has 3 heteroatoms. The van der Waals surface area contributed by atoms with Crippen LogP contribution in [0.1, 0.15) is 59.2 Å². The third kappa shape index (κ3) is 4.78. The van der Waals surface area contributed by atoms with Gasteiger partial charge in [0.1, 0.15) is 0 Å². The molecule has 0 aliphatic carbocycles. The van der Waals surface area contributed by atoms with Gasteiger partial charge in [0.25, 0.3) is 0 Å². The Bertz CT molecular complexity index is 447. The van der Waals surface area contributed by atoms with Gasteiger partial charge in [-0.25, -0.2) is 0 Å². The Labute approximate surface area is 124 Å². The normalized spacial score (nSPS) is 13.3. The quantitative estimate of drug-likeness (QED) is 0.802. The first kappa shape index (κ1) is 17.0. The summed E-state index contributed by atoms with van der Waals surface area (Å²) in [5.41, 5.74) is 3.94. The van der Waals surface area contributed by atoms with Gasteiger partial charge in [-0.1, -0.05) is 53.2 Å². The largest absolute Gasteiger partial charge is 0.313 e. The molecule has 1 N–H and O–H groups in total. The SMILES string of the molecule is CCCNCC(=Cc1cn(C)nc1C(C)(C)C)C(C)C. The molecule has 1 aromatic heterocycles. The van der Waals surface area contributed by atoms with Crippen molar-refractivity contribution in [3.63, 3.8) is 0 Å². The number of hydrogen-bond acceptors (Lipinski definition) is 2. The lowest BCUT2D eigenvalue weighted by atomic mass is 9.88. The fraction of sp³-hybridized carbons (Fsp3) is 0.706. The predicted molar refractivity (Wildman–Crippen MR) is 87.9 cm³/mol. The molecule has 0 atom stereocenters. The number of aromatic nitrogens is 2. The number of rotatable bonds is 6. The minimum absolute atomic E-state index is 0.0754. The molecule has 0 amide bonds. The molecule has 1 aromatic rings. The van der Waals surface area contributed by atoms with Crippen LogP contribution in [0.15, 0.2) is 11.8 Å². The fourth-order valence-corrected chi connectivity index (χ4v) is 2.23. The topological polar surface area (TPSA) is 29.9 Å². The van der Waals surface area contributed by atoms with Crippen LogP contribution in [0, 0.1) is 5.92 Å². The highest BCUT2D eigenvalue weighted by Crippen LogP contribution is 2.26. The van der Waals surface area contributed by atoms with E-state index >= 15 is 0 Å². The number of nitrogens with zero attached hydrogens (tertiary/aromatic N) is 2. The lowest BCUT2D eigenvalue weighted by Crippen LogP contribution is -2.20. The van der Waals surface area contributed by atoms with Crippen molar-refractivity contribution in [2.75, 3.05) is 13.1 Å². The molecule has 114 valence electrons. The highest BCUT2D eigenvalue weighted by molar-refractivity contribution is 5.56. The van der Waals surface area contributed by atoms with Crippen LogP contribution in [0.3, 0.4) is 0 Å². The van der Waals surface area contributed by atoms with E-state index < -0.39 is 0 Å². The number of hydrogen-bond donors (Lipinski definition) is 1. The van der Waals surface area contributed by atoms with Crippen molar-refractivity contribution in [1.29, 1.82) is 0 Å². The molecule has 0 fully saturated rings. The molecule has 0 aromatic carbocycles. The minimum atomic E-state index is 0.0754. The molecule has 1 heterocycles. The van der Waals surface area contributed by atoms with Gasteiger partial charge in [0.2, 0.25) is 0 Å². The molecule has 0 bridgehead atoms. The smallest absolute Gasteiger partial charge is 0.0750 e. The van der Waals surface area contributed by atoms with Gasteiger partial charge in [-0.3, -0.25) is 4.68 Å². The zero-order valence-electron chi connectivity index (χ0n) is 14.2. The van der Waals surface area contributed by atoms with Gasteiger partial charge in [-0.2, -0.15) is 5.10 Å². The van der Waals surface area contributed by atoms with Crippen LogP contribution in [-0.4, -0.2) is 22.9 Å². The van der Waals surface area contributed by atoms with Crippen LogP contribution >= 0.6 is 0 Å². The molecular weight excluding hydrogens is 246 g/mol. The van der Waals surface area contributed by atoms with Gasteiger partial charge in [-0.15, -0.1) is 0 Å². The van der Waals surface area contributed by atoms with Crippen LogP contribution < -0.4 is 5.32 Å². The molecule has 0 radical (unpaired) electrons. The van der Waals surface area contributed by atoms with Crippen molar-refractivity contribution >= 4 is 6.08 Å². The number of nitrogens with one attached hydrogen (secondary N) is 1. The summed E-state index contributed by atoms with van der Waals surface area (Å²) in [6.45, 7) is 15.4. The van der Waals surface area contributed by atoms with Crippen LogP contribution in [0.5, 0.6) is 0 Å². The van der Waals surface area contributed by atoms with Crippen LogP contribution in [0.4, 0.5) is 0 Å². The summed E-state index contributed by atoms with van der Waals surface area (Å²) < 4.78 is 1.92. The van der Waals surface area contributed by atoms with Gasteiger partial charge >= 0.3 is 0 Å². The average molecular weight is 277 g/mol. The summed E-state index contributed by atoms with van der Waals surface area (Å²) in [6, 6.07) is 0. The maximum Gasteiger partial charge on any atom is 0.0750 e. The standard InChI is InChI=1S/C17H31N3/c1-8-9-18-11-14(13(2)3)10-15-12-20(7)19-16(15)17(4,5)6/h10,12-13,18H,8-9,11H2,1-7H3. The van der Waals surface area contributed by atoms with E-state index in [1.807, 2.05) is 11.7 Å². The first-order valence-corrected chi connectivity index (χ1v) is 7.71.